The van der Waals surface area contributed by atoms with Gasteiger partial charge >= 0.3 is 6.03 Å². The number of thioether (sulfide) groups is 1. The molecular weight excluding hydrogens is 423 g/mol. The second kappa shape index (κ2) is 9.46. The molecule has 31 heavy (non-hydrogen) atoms. The monoisotopic (exact) mass is 446 g/mol. The highest BCUT2D eigenvalue weighted by molar-refractivity contribution is 7.99. The molecule has 0 spiro atoms. The lowest BCUT2D eigenvalue weighted by Gasteiger charge is -2.26. The summed E-state index contributed by atoms with van der Waals surface area (Å²) in [6.07, 6.45) is 3.58. The predicted molar refractivity (Wildman–Crippen MR) is 111 cm³/mol. The lowest BCUT2D eigenvalue weighted by atomic mass is 10.1. The average molecular weight is 447 g/mol. The fourth-order valence-electron chi connectivity index (χ4n) is 3.75. The van der Waals surface area contributed by atoms with Crippen LogP contribution in [-0.4, -0.2) is 62.4 Å². The van der Waals surface area contributed by atoms with Gasteiger partial charge in [-0.05, 0) is 43.5 Å². The number of imide groups is 1. The first kappa shape index (κ1) is 21.3. The van der Waals surface area contributed by atoms with Crippen molar-refractivity contribution in [2.24, 2.45) is 0 Å². The number of nitrogens with one attached hydrogen (secondary N) is 2. The topological polar surface area (TPSA) is 109 Å². The molecule has 2 fully saturated rings. The van der Waals surface area contributed by atoms with Crippen LogP contribution in [0.5, 0.6) is 0 Å². The molecule has 4 amide bonds. The molecule has 164 valence electrons. The van der Waals surface area contributed by atoms with E-state index in [9.17, 15) is 18.8 Å². The van der Waals surface area contributed by atoms with Gasteiger partial charge in [0, 0.05) is 37.7 Å². The number of amides is 4. The van der Waals surface area contributed by atoms with E-state index in [0.29, 0.717) is 16.7 Å². The third-order valence-corrected chi connectivity index (χ3v) is 6.18. The number of carbonyl (C=O) groups is 3. The standard InChI is InChI=1S/C20H23FN6O3S/c21-13-4-6-15(7-5-13)27-16(10-14-11-17(28)23-19(30)22-14)24-25-20(27)31-12-18(29)26-8-2-1-3-9-26/h4-7,14H,1-3,8-12H2,(H2,22,23,28,30). The number of piperidine rings is 1. The highest BCUT2D eigenvalue weighted by Gasteiger charge is 2.27. The van der Waals surface area contributed by atoms with Crippen molar-refractivity contribution >= 4 is 29.6 Å². The van der Waals surface area contributed by atoms with Gasteiger partial charge in [-0.2, -0.15) is 0 Å². The summed E-state index contributed by atoms with van der Waals surface area (Å²) >= 11 is 1.27. The Morgan fingerprint density at radius 3 is 2.58 bits per heavy atom. The van der Waals surface area contributed by atoms with Crippen molar-refractivity contribution in [2.75, 3.05) is 18.8 Å². The molecule has 0 radical (unpaired) electrons. The Labute approximate surface area is 182 Å². The predicted octanol–water partition coefficient (Wildman–Crippen LogP) is 1.65. The van der Waals surface area contributed by atoms with Crippen LogP contribution in [0.2, 0.25) is 0 Å². The van der Waals surface area contributed by atoms with Gasteiger partial charge in [-0.3, -0.25) is 19.5 Å². The van der Waals surface area contributed by atoms with E-state index in [0.717, 1.165) is 32.4 Å². The molecule has 4 rings (SSSR count). The molecule has 9 nitrogen and oxygen atoms in total. The van der Waals surface area contributed by atoms with Gasteiger partial charge in [0.1, 0.15) is 11.6 Å². The van der Waals surface area contributed by atoms with E-state index in [1.165, 1.54) is 23.9 Å². The summed E-state index contributed by atoms with van der Waals surface area (Å²) in [6.45, 7) is 1.55. The van der Waals surface area contributed by atoms with Crippen molar-refractivity contribution < 1.29 is 18.8 Å². The van der Waals surface area contributed by atoms with Crippen LogP contribution in [-0.2, 0) is 16.0 Å². The van der Waals surface area contributed by atoms with Crippen LogP contribution in [0.25, 0.3) is 5.69 Å². The molecule has 2 aliphatic rings. The second-order valence-corrected chi connectivity index (χ2v) is 8.51. The van der Waals surface area contributed by atoms with E-state index in [4.69, 9.17) is 0 Å². The molecule has 2 aromatic rings. The van der Waals surface area contributed by atoms with Gasteiger partial charge in [0.25, 0.3) is 0 Å². The molecule has 1 atom stereocenters. The fourth-order valence-corrected chi connectivity index (χ4v) is 4.63. The minimum Gasteiger partial charge on any atom is -0.342 e. The molecule has 1 aromatic carbocycles. The third-order valence-electron chi connectivity index (χ3n) is 5.27. The molecule has 11 heteroatoms. The molecule has 0 aliphatic carbocycles. The molecule has 0 saturated carbocycles. The summed E-state index contributed by atoms with van der Waals surface area (Å²) < 4.78 is 15.2. The van der Waals surface area contributed by atoms with Crippen LogP contribution >= 0.6 is 11.8 Å². The van der Waals surface area contributed by atoms with E-state index in [1.807, 2.05) is 4.90 Å². The van der Waals surface area contributed by atoms with Crippen molar-refractivity contribution in [1.29, 1.82) is 0 Å². The zero-order valence-corrected chi connectivity index (χ0v) is 17.7. The Morgan fingerprint density at radius 1 is 1.13 bits per heavy atom. The Morgan fingerprint density at radius 2 is 1.87 bits per heavy atom. The van der Waals surface area contributed by atoms with Gasteiger partial charge < -0.3 is 10.2 Å². The van der Waals surface area contributed by atoms with Crippen molar-refractivity contribution in [3.63, 3.8) is 0 Å². The van der Waals surface area contributed by atoms with E-state index in [1.54, 1.807) is 16.7 Å². The third kappa shape index (κ3) is 5.22. The zero-order chi connectivity index (χ0) is 21.8. The van der Waals surface area contributed by atoms with E-state index >= 15 is 0 Å². The Kier molecular flexibility index (Phi) is 6.50. The quantitative estimate of drug-likeness (QED) is 0.653. The maximum Gasteiger partial charge on any atom is 0.321 e. The van der Waals surface area contributed by atoms with E-state index in [-0.39, 0.29) is 36.2 Å². The summed E-state index contributed by atoms with van der Waals surface area (Å²) in [5.74, 6) is 0.0603. The summed E-state index contributed by atoms with van der Waals surface area (Å²) in [5.41, 5.74) is 0.640. The van der Waals surface area contributed by atoms with Gasteiger partial charge in [-0.25, -0.2) is 9.18 Å². The first-order chi connectivity index (χ1) is 15.0. The highest BCUT2D eigenvalue weighted by Crippen LogP contribution is 2.24. The molecule has 1 aromatic heterocycles. The Balaban J connectivity index is 1.54. The summed E-state index contributed by atoms with van der Waals surface area (Å²) in [5, 5.41) is 13.9. The van der Waals surface area contributed by atoms with Crippen molar-refractivity contribution in [3.8, 4) is 5.69 Å². The number of hydrogen-bond donors (Lipinski definition) is 2. The number of benzene rings is 1. The maximum atomic E-state index is 13.5. The van der Waals surface area contributed by atoms with Crippen molar-refractivity contribution in [3.05, 3.63) is 35.9 Å². The second-order valence-electron chi connectivity index (χ2n) is 7.57. The number of hydrogen-bond acceptors (Lipinski definition) is 6. The SMILES string of the molecule is O=C1CC(Cc2nnc(SCC(=O)N3CCCCC3)n2-c2ccc(F)cc2)NC(=O)N1. The van der Waals surface area contributed by atoms with Crippen LogP contribution in [0.3, 0.4) is 0 Å². The highest BCUT2D eigenvalue weighted by atomic mass is 32.2. The number of halogens is 1. The molecule has 3 heterocycles. The number of aromatic nitrogens is 3. The van der Waals surface area contributed by atoms with Crippen molar-refractivity contribution in [1.82, 2.24) is 30.3 Å². The van der Waals surface area contributed by atoms with Gasteiger partial charge in [-0.15, -0.1) is 10.2 Å². The summed E-state index contributed by atoms with van der Waals surface area (Å²) in [7, 11) is 0. The molecular formula is C20H23FN6O3S. The zero-order valence-electron chi connectivity index (χ0n) is 16.8. The lowest BCUT2D eigenvalue weighted by molar-refractivity contribution is -0.129. The van der Waals surface area contributed by atoms with Crippen LogP contribution in [0.4, 0.5) is 9.18 Å². The maximum absolute atomic E-state index is 13.5. The van der Waals surface area contributed by atoms with Gasteiger partial charge in [0.05, 0.1) is 5.75 Å². The molecule has 0 bridgehead atoms. The van der Waals surface area contributed by atoms with Crippen LogP contribution < -0.4 is 10.6 Å². The number of likely N-dealkylation sites (tertiary alicyclic amines) is 1. The smallest absolute Gasteiger partial charge is 0.321 e. The number of carbonyl (C=O) groups excluding carboxylic acids is 3. The molecule has 2 N–H and O–H groups in total. The van der Waals surface area contributed by atoms with Crippen LogP contribution in [0.15, 0.2) is 29.4 Å². The van der Waals surface area contributed by atoms with Gasteiger partial charge in [0.15, 0.2) is 5.16 Å². The van der Waals surface area contributed by atoms with Gasteiger partial charge in [0.2, 0.25) is 11.8 Å². The molecule has 2 saturated heterocycles. The lowest BCUT2D eigenvalue weighted by Crippen LogP contribution is -2.53. The van der Waals surface area contributed by atoms with Crippen LogP contribution in [0, 0.1) is 5.82 Å². The number of rotatable bonds is 6. The first-order valence-electron chi connectivity index (χ1n) is 10.2. The summed E-state index contributed by atoms with van der Waals surface area (Å²) in [4.78, 5) is 37.8. The summed E-state index contributed by atoms with van der Waals surface area (Å²) in [6, 6.07) is 4.90. The number of nitrogens with zero attached hydrogens (tertiary/aromatic N) is 4. The van der Waals surface area contributed by atoms with Crippen molar-refractivity contribution in [2.45, 2.75) is 43.3 Å². The minimum absolute atomic E-state index is 0.0520. The van der Waals surface area contributed by atoms with Gasteiger partial charge in [-0.1, -0.05) is 11.8 Å². The molecule has 1 unspecified atom stereocenters. The average Bonchev–Trinajstić information content (AvgIpc) is 3.14. The minimum atomic E-state index is -0.546. The molecule has 2 aliphatic heterocycles. The largest absolute Gasteiger partial charge is 0.342 e. The number of urea groups is 1. The Bertz CT molecular complexity index is 958. The van der Waals surface area contributed by atoms with E-state index in [2.05, 4.69) is 20.8 Å². The normalized spacial score (nSPS) is 19.1. The van der Waals surface area contributed by atoms with Crippen LogP contribution in [0.1, 0.15) is 31.5 Å². The Hall–Kier alpha value is -2.95. The fraction of sp³-hybridized carbons (Fsp3) is 0.450. The first-order valence-corrected chi connectivity index (χ1v) is 11.2. The van der Waals surface area contributed by atoms with E-state index < -0.39 is 12.1 Å².